The number of aromatic carboxylic acids is 1. The minimum Gasteiger partial charge on any atom is -0.491 e. The highest BCUT2D eigenvalue weighted by Gasteiger charge is 2.17. The maximum atomic E-state index is 12.6. The van der Waals surface area contributed by atoms with Crippen LogP contribution >= 0.6 is 0 Å². The lowest BCUT2D eigenvalue weighted by molar-refractivity contribution is 0.0679. The summed E-state index contributed by atoms with van der Waals surface area (Å²) < 4.78 is 11.3. The minimum absolute atomic E-state index is 0.104. The third-order valence-corrected chi connectivity index (χ3v) is 4.61. The van der Waals surface area contributed by atoms with Crippen LogP contribution in [-0.2, 0) is 4.74 Å². The van der Waals surface area contributed by atoms with Gasteiger partial charge in [0.25, 0.3) is 5.91 Å². The van der Waals surface area contributed by atoms with Crippen molar-refractivity contribution in [1.29, 1.82) is 0 Å². The average molecular weight is 369 g/mol. The molecule has 3 rings (SSSR count). The molecule has 1 heterocycles. The fourth-order valence-corrected chi connectivity index (χ4v) is 3.10. The van der Waals surface area contributed by atoms with Gasteiger partial charge in [-0.15, -0.1) is 0 Å². The molecule has 0 spiro atoms. The average Bonchev–Trinajstić information content (AvgIpc) is 3.15. The van der Waals surface area contributed by atoms with Crippen molar-refractivity contribution in [2.24, 2.45) is 0 Å². The number of carboxylic acids is 1. The molecule has 1 aliphatic heterocycles. The van der Waals surface area contributed by atoms with E-state index in [1.807, 2.05) is 6.92 Å². The number of ether oxygens (including phenoxy) is 2. The Hall–Kier alpha value is -2.86. The van der Waals surface area contributed by atoms with Crippen molar-refractivity contribution in [1.82, 2.24) is 0 Å². The van der Waals surface area contributed by atoms with Crippen molar-refractivity contribution in [2.75, 3.05) is 18.5 Å². The summed E-state index contributed by atoms with van der Waals surface area (Å²) in [6, 6.07) is 10.2. The maximum absolute atomic E-state index is 12.6. The topological polar surface area (TPSA) is 84.9 Å². The molecule has 0 aliphatic carbocycles. The normalized spacial score (nSPS) is 16.1. The fourth-order valence-electron chi connectivity index (χ4n) is 3.10. The van der Waals surface area contributed by atoms with Gasteiger partial charge in [-0.1, -0.05) is 12.1 Å². The van der Waals surface area contributed by atoms with E-state index in [1.54, 1.807) is 37.3 Å². The number of anilines is 1. The Kier molecular flexibility index (Phi) is 5.76. The van der Waals surface area contributed by atoms with E-state index in [0.717, 1.165) is 25.0 Å². The summed E-state index contributed by atoms with van der Waals surface area (Å²) in [5.41, 5.74) is 2.55. The number of hydrogen-bond acceptors (Lipinski definition) is 4. The van der Waals surface area contributed by atoms with Gasteiger partial charge in [0.05, 0.1) is 11.7 Å². The number of hydrogen-bond donors (Lipinski definition) is 2. The van der Waals surface area contributed by atoms with Crippen LogP contribution in [0.2, 0.25) is 0 Å². The molecule has 6 heteroatoms. The van der Waals surface area contributed by atoms with Crippen LogP contribution in [-0.4, -0.2) is 36.3 Å². The van der Waals surface area contributed by atoms with Crippen LogP contribution in [0.15, 0.2) is 36.4 Å². The number of amides is 1. The number of aryl methyl sites for hydroxylation is 2. The number of rotatable bonds is 6. The predicted octanol–water partition coefficient (Wildman–Crippen LogP) is 3.81. The molecule has 1 aliphatic rings. The number of benzene rings is 2. The van der Waals surface area contributed by atoms with Gasteiger partial charge in [-0.3, -0.25) is 4.79 Å². The molecule has 0 radical (unpaired) electrons. The van der Waals surface area contributed by atoms with E-state index in [-0.39, 0.29) is 17.6 Å². The standard InChI is InChI=1S/C21H23NO5/c1-13-9-14(2)19(11-18(13)21(24)25)22-20(23)15-5-3-6-16(10-15)27-12-17-7-4-8-26-17/h3,5-6,9-11,17H,4,7-8,12H2,1-2H3,(H,22,23)(H,24,25). The highest BCUT2D eigenvalue weighted by molar-refractivity contribution is 6.05. The van der Waals surface area contributed by atoms with Crippen molar-refractivity contribution in [3.05, 3.63) is 58.7 Å². The van der Waals surface area contributed by atoms with Crippen molar-refractivity contribution in [2.45, 2.75) is 32.8 Å². The lowest BCUT2D eigenvalue weighted by atomic mass is 10.0. The van der Waals surface area contributed by atoms with Gasteiger partial charge in [0, 0.05) is 17.9 Å². The second kappa shape index (κ2) is 8.22. The number of nitrogens with one attached hydrogen (secondary N) is 1. The molecule has 2 aromatic rings. The highest BCUT2D eigenvalue weighted by atomic mass is 16.5. The lowest BCUT2D eigenvalue weighted by Gasteiger charge is -2.13. The van der Waals surface area contributed by atoms with E-state index < -0.39 is 5.97 Å². The summed E-state index contributed by atoms with van der Waals surface area (Å²) >= 11 is 0. The van der Waals surface area contributed by atoms with Gasteiger partial charge in [-0.25, -0.2) is 4.79 Å². The number of carbonyl (C=O) groups excluding carboxylic acids is 1. The van der Waals surface area contributed by atoms with Crippen molar-refractivity contribution in [3.8, 4) is 5.75 Å². The van der Waals surface area contributed by atoms with Crippen LogP contribution < -0.4 is 10.1 Å². The molecule has 1 fully saturated rings. The minimum atomic E-state index is -1.02. The lowest BCUT2D eigenvalue weighted by Crippen LogP contribution is -2.17. The molecule has 6 nitrogen and oxygen atoms in total. The molecule has 2 aromatic carbocycles. The summed E-state index contributed by atoms with van der Waals surface area (Å²) in [5, 5.41) is 12.1. The predicted molar refractivity (Wildman–Crippen MR) is 102 cm³/mol. The fraction of sp³-hybridized carbons (Fsp3) is 0.333. The molecule has 27 heavy (non-hydrogen) atoms. The first-order valence-corrected chi connectivity index (χ1v) is 8.94. The van der Waals surface area contributed by atoms with Crippen LogP contribution in [0.5, 0.6) is 5.75 Å². The van der Waals surface area contributed by atoms with Crippen LogP contribution in [0.3, 0.4) is 0 Å². The maximum Gasteiger partial charge on any atom is 0.336 e. The zero-order valence-corrected chi connectivity index (χ0v) is 15.5. The summed E-state index contributed by atoms with van der Waals surface area (Å²) in [6.45, 7) is 4.79. The van der Waals surface area contributed by atoms with E-state index in [9.17, 15) is 14.7 Å². The number of carbonyl (C=O) groups is 2. The molecule has 142 valence electrons. The third kappa shape index (κ3) is 4.65. The Morgan fingerprint density at radius 3 is 2.74 bits per heavy atom. The SMILES string of the molecule is Cc1cc(C)c(C(=O)O)cc1NC(=O)c1cccc(OCC2CCCO2)c1. The molecule has 1 atom stereocenters. The van der Waals surface area contributed by atoms with Gasteiger partial charge in [0.2, 0.25) is 0 Å². The molecular weight excluding hydrogens is 346 g/mol. The van der Waals surface area contributed by atoms with E-state index in [2.05, 4.69) is 5.32 Å². The van der Waals surface area contributed by atoms with Crippen molar-refractivity contribution >= 4 is 17.6 Å². The Labute approximate surface area is 158 Å². The van der Waals surface area contributed by atoms with Gasteiger partial charge in [0.1, 0.15) is 12.4 Å². The molecule has 1 amide bonds. The van der Waals surface area contributed by atoms with E-state index in [1.165, 1.54) is 6.07 Å². The first-order chi connectivity index (χ1) is 12.9. The van der Waals surface area contributed by atoms with Gasteiger partial charge in [-0.05, 0) is 62.1 Å². The molecule has 0 bridgehead atoms. The second-order valence-electron chi connectivity index (χ2n) is 6.72. The monoisotopic (exact) mass is 369 g/mol. The summed E-state index contributed by atoms with van der Waals surface area (Å²) in [5.74, 6) is -0.738. The van der Waals surface area contributed by atoms with Crippen LogP contribution in [0.4, 0.5) is 5.69 Å². The summed E-state index contributed by atoms with van der Waals surface area (Å²) in [4.78, 5) is 23.9. The Morgan fingerprint density at radius 2 is 2.04 bits per heavy atom. The Bertz CT molecular complexity index is 856. The van der Waals surface area contributed by atoms with Crippen molar-refractivity contribution < 1.29 is 24.2 Å². The molecule has 1 unspecified atom stereocenters. The van der Waals surface area contributed by atoms with Gasteiger partial charge in [0.15, 0.2) is 0 Å². The highest BCUT2D eigenvalue weighted by Crippen LogP contribution is 2.23. The Morgan fingerprint density at radius 1 is 1.22 bits per heavy atom. The van der Waals surface area contributed by atoms with Gasteiger partial charge >= 0.3 is 5.97 Å². The molecular formula is C21H23NO5. The first-order valence-electron chi connectivity index (χ1n) is 8.94. The molecule has 1 saturated heterocycles. The zero-order valence-electron chi connectivity index (χ0n) is 15.5. The number of carboxylic acid groups (broad SMARTS) is 1. The third-order valence-electron chi connectivity index (χ3n) is 4.61. The van der Waals surface area contributed by atoms with E-state index >= 15 is 0 Å². The smallest absolute Gasteiger partial charge is 0.336 e. The molecule has 0 aromatic heterocycles. The Balaban J connectivity index is 1.71. The zero-order chi connectivity index (χ0) is 19.4. The quantitative estimate of drug-likeness (QED) is 0.809. The summed E-state index contributed by atoms with van der Waals surface area (Å²) in [6.07, 6.45) is 2.14. The first kappa shape index (κ1) is 18.9. The molecule has 2 N–H and O–H groups in total. The van der Waals surface area contributed by atoms with Crippen LogP contribution in [0.1, 0.15) is 44.7 Å². The van der Waals surface area contributed by atoms with Gasteiger partial charge in [-0.2, -0.15) is 0 Å². The van der Waals surface area contributed by atoms with E-state index in [4.69, 9.17) is 9.47 Å². The van der Waals surface area contributed by atoms with Crippen LogP contribution in [0, 0.1) is 13.8 Å². The van der Waals surface area contributed by atoms with E-state index in [0.29, 0.717) is 29.2 Å². The van der Waals surface area contributed by atoms with Gasteiger partial charge < -0.3 is 19.9 Å². The largest absolute Gasteiger partial charge is 0.491 e. The second-order valence-corrected chi connectivity index (χ2v) is 6.72. The molecule has 0 saturated carbocycles. The van der Waals surface area contributed by atoms with Crippen LogP contribution in [0.25, 0.3) is 0 Å². The summed E-state index contributed by atoms with van der Waals surface area (Å²) in [7, 11) is 0. The van der Waals surface area contributed by atoms with Crippen molar-refractivity contribution in [3.63, 3.8) is 0 Å².